The highest BCUT2D eigenvalue weighted by molar-refractivity contribution is 5.74. The molecule has 2 rings (SSSR count). The van der Waals surface area contributed by atoms with E-state index in [-0.39, 0.29) is 6.61 Å². The van der Waals surface area contributed by atoms with Gasteiger partial charge in [-0.2, -0.15) is 0 Å². The van der Waals surface area contributed by atoms with Gasteiger partial charge in [-0.25, -0.2) is 4.98 Å². The summed E-state index contributed by atoms with van der Waals surface area (Å²) in [6, 6.07) is 7.99. The number of benzene rings is 1. The second-order valence-electron chi connectivity index (χ2n) is 3.26. The quantitative estimate of drug-likeness (QED) is 0.744. The van der Waals surface area contributed by atoms with Crippen LogP contribution in [0.1, 0.15) is 0 Å². The third kappa shape index (κ3) is 2.34. The molecule has 1 N–H and O–H groups in total. The second-order valence-corrected chi connectivity index (χ2v) is 3.26. The van der Waals surface area contributed by atoms with Gasteiger partial charge >= 0.3 is 0 Å². The summed E-state index contributed by atoms with van der Waals surface area (Å²) in [7, 11) is 0. The topological polar surface area (TPSA) is 47.3 Å². The summed E-state index contributed by atoms with van der Waals surface area (Å²) >= 11 is 0. The molecule has 0 fully saturated rings. The Hall–Kier alpha value is -1.39. The first-order chi connectivity index (χ1) is 7.42. The van der Waals surface area contributed by atoms with Crippen LogP contribution in [0, 0.1) is 0 Å². The van der Waals surface area contributed by atoms with E-state index in [2.05, 4.69) is 4.98 Å². The van der Waals surface area contributed by atoms with E-state index in [9.17, 15) is 0 Å². The third-order valence-electron chi connectivity index (χ3n) is 2.24. The summed E-state index contributed by atoms with van der Waals surface area (Å²) in [5.74, 6) is 0. The fraction of sp³-hybridized carbons (Fsp3) is 0.364. The Morgan fingerprint density at radius 1 is 1.27 bits per heavy atom. The molecule has 0 spiro atoms. The number of para-hydroxylation sites is 2. The van der Waals surface area contributed by atoms with E-state index in [4.69, 9.17) is 9.84 Å². The number of nitrogens with zero attached hydrogens (tertiary/aromatic N) is 2. The van der Waals surface area contributed by atoms with Crippen LogP contribution in [0.2, 0.25) is 0 Å². The average Bonchev–Trinajstić information content (AvgIpc) is 2.68. The normalized spacial score (nSPS) is 11.0. The predicted molar refractivity (Wildman–Crippen MR) is 57.6 cm³/mol. The lowest BCUT2D eigenvalue weighted by atomic mass is 10.3. The van der Waals surface area contributed by atoms with Crippen molar-refractivity contribution in [1.29, 1.82) is 0 Å². The molecule has 0 saturated heterocycles. The molecule has 0 aliphatic carbocycles. The number of aromatic nitrogens is 2. The fourth-order valence-electron chi connectivity index (χ4n) is 1.52. The van der Waals surface area contributed by atoms with Gasteiger partial charge in [-0.3, -0.25) is 0 Å². The molecule has 0 saturated carbocycles. The van der Waals surface area contributed by atoms with Crippen molar-refractivity contribution in [3.63, 3.8) is 0 Å². The van der Waals surface area contributed by atoms with Crippen LogP contribution in [-0.2, 0) is 11.3 Å². The van der Waals surface area contributed by atoms with Gasteiger partial charge in [0.05, 0.1) is 37.2 Å². The van der Waals surface area contributed by atoms with Crippen LogP contribution in [0.15, 0.2) is 30.6 Å². The molecule has 0 amide bonds. The van der Waals surface area contributed by atoms with E-state index >= 15 is 0 Å². The minimum absolute atomic E-state index is 0.0741. The summed E-state index contributed by atoms with van der Waals surface area (Å²) in [6.07, 6.45) is 1.81. The Balaban J connectivity index is 2.02. The van der Waals surface area contributed by atoms with Crippen LogP contribution in [0.4, 0.5) is 0 Å². The van der Waals surface area contributed by atoms with Crippen LogP contribution in [0.5, 0.6) is 0 Å². The van der Waals surface area contributed by atoms with Crippen molar-refractivity contribution in [2.75, 3.05) is 19.8 Å². The predicted octanol–water partition coefficient (Wildman–Crippen LogP) is 1.05. The molecule has 1 aromatic heterocycles. The zero-order valence-electron chi connectivity index (χ0n) is 8.47. The molecule has 0 bridgehead atoms. The molecule has 2 aromatic rings. The lowest BCUT2D eigenvalue weighted by molar-refractivity contribution is 0.0875. The number of hydrogen-bond donors (Lipinski definition) is 1. The summed E-state index contributed by atoms with van der Waals surface area (Å²) in [5.41, 5.74) is 2.12. The van der Waals surface area contributed by atoms with Crippen molar-refractivity contribution in [3.05, 3.63) is 30.6 Å². The minimum Gasteiger partial charge on any atom is -0.394 e. The van der Waals surface area contributed by atoms with Gasteiger partial charge in [-0.15, -0.1) is 0 Å². The Morgan fingerprint density at radius 2 is 2.13 bits per heavy atom. The average molecular weight is 206 g/mol. The molecule has 0 atom stereocenters. The van der Waals surface area contributed by atoms with Gasteiger partial charge in [-0.1, -0.05) is 12.1 Å². The van der Waals surface area contributed by atoms with Crippen molar-refractivity contribution in [2.24, 2.45) is 0 Å². The zero-order chi connectivity index (χ0) is 10.5. The van der Waals surface area contributed by atoms with E-state index in [0.29, 0.717) is 13.2 Å². The molecule has 0 unspecified atom stereocenters. The summed E-state index contributed by atoms with van der Waals surface area (Å²) in [6.45, 7) is 1.83. The van der Waals surface area contributed by atoms with Gasteiger partial charge in [0.2, 0.25) is 0 Å². The largest absolute Gasteiger partial charge is 0.394 e. The van der Waals surface area contributed by atoms with E-state index in [0.717, 1.165) is 17.6 Å². The summed E-state index contributed by atoms with van der Waals surface area (Å²) in [5, 5.41) is 8.55. The van der Waals surface area contributed by atoms with Gasteiger partial charge in [0.25, 0.3) is 0 Å². The molecule has 4 nitrogen and oxygen atoms in total. The van der Waals surface area contributed by atoms with Crippen molar-refractivity contribution >= 4 is 11.0 Å². The SMILES string of the molecule is OCCOCCn1cnc2ccccc21. The molecule has 1 heterocycles. The number of rotatable bonds is 5. The Labute approximate surface area is 88.1 Å². The number of aliphatic hydroxyl groups is 1. The van der Waals surface area contributed by atoms with Gasteiger partial charge in [0, 0.05) is 6.54 Å². The van der Waals surface area contributed by atoms with E-state index in [1.54, 1.807) is 0 Å². The Morgan fingerprint density at radius 3 is 3.00 bits per heavy atom. The van der Waals surface area contributed by atoms with Crippen molar-refractivity contribution in [3.8, 4) is 0 Å². The number of fused-ring (bicyclic) bond motifs is 1. The molecule has 4 heteroatoms. The van der Waals surface area contributed by atoms with Crippen molar-refractivity contribution < 1.29 is 9.84 Å². The van der Waals surface area contributed by atoms with Crippen LogP contribution in [0.3, 0.4) is 0 Å². The van der Waals surface area contributed by atoms with Gasteiger partial charge < -0.3 is 14.4 Å². The number of ether oxygens (including phenoxy) is 1. The highest BCUT2D eigenvalue weighted by Gasteiger charge is 2.00. The molecule has 0 aliphatic heterocycles. The summed E-state index contributed by atoms with van der Waals surface area (Å²) in [4.78, 5) is 4.28. The molecular weight excluding hydrogens is 192 g/mol. The first kappa shape index (κ1) is 10.1. The molecular formula is C11H14N2O2. The molecule has 0 aliphatic rings. The maximum atomic E-state index is 8.55. The maximum Gasteiger partial charge on any atom is 0.0959 e. The minimum atomic E-state index is 0.0741. The molecule has 80 valence electrons. The first-order valence-corrected chi connectivity index (χ1v) is 5.00. The lowest BCUT2D eigenvalue weighted by Gasteiger charge is -2.04. The zero-order valence-corrected chi connectivity index (χ0v) is 8.47. The van der Waals surface area contributed by atoms with Crippen LogP contribution in [0.25, 0.3) is 11.0 Å². The standard InChI is InChI=1S/C11H14N2O2/c14-6-8-15-7-5-13-9-12-10-3-1-2-4-11(10)13/h1-4,9,14H,5-8H2. The van der Waals surface area contributed by atoms with Gasteiger partial charge in [0.1, 0.15) is 0 Å². The van der Waals surface area contributed by atoms with E-state index < -0.39 is 0 Å². The first-order valence-electron chi connectivity index (χ1n) is 5.00. The van der Waals surface area contributed by atoms with Gasteiger partial charge in [0.15, 0.2) is 0 Å². The molecule has 0 radical (unpaired) electrons. The number of imidazole rings is 1. The second kappa shape index (κ2) is 4.91. The smallest absolute Gasteiger partial charge is 0.0959 e. The van der Waals surface area contributed by atoms with Crippen LogP contribution in [-0.4, -0.2) is 34.5 Å². The van der Waals surface area contributed by atoms with Crippen molar-refractivity contribution in [1.82, 2.24) is 9.55 Å². The van der Waals surface area contributed by atoms with E-state index in [1.807, 2.05) is 35.2 Å². The third-order valence-corrected chi connectivity index (χ3v) is 2.24. The molecule has 15 heavy (non-hydrogen) atoms. The maximum absolute atomic E-state index is 8.55. The highest BCUT2D eigenvalue weighted by Crippen LogP contribution is 2.11. The van der Waals surface area contributed by atoms with E-state index in [1.165, 1.54) is 0 Å². The van der Waals surface area contributed by atoms with Gasteiger partial charge in [-0.05, 0) is 12.1 Å². The fourth-order valence-corrected chi connectivity index (χ4v) is 1.52. The molecule has 1 aromatic carbocycles. The van der Waals surface area contributed by atoms with Crippen molar-refractivity contribution in [2.45, 2.75) is 6.54 Å². The number of hydrogen-bond acceptors (Lipinski definition) is 3. The summed E-state index contributed by atoms with van der Waals surface area (Å²) < 4.78 is 7.25. The monoisotopic (exact) mass is 206 g/mol. The highest BCUT2D eigenvalue weighted by atomic mass is 16.5. The Bertz CT molecular complexity index is 425. The van der Waals surface area contributed by atoms with Crippen LogP contribution < -0.4 is 0 Å². The van der Waals surface area contributed by atoms with Crippen LogP contribution >= 0.6 is 0 Å². The number of aliphatic hydroxyl groups excluding tert-OH is 1. The lowest BCUT2D eigenvalue weighted by Crippen LogP contribution is -2.07. The Kier molecular flexibility index (Phi) is 3.32.